The molecule has 0 bridgehead atoms. The largest absolute Gasteiger partial charge is 0.370 e. The van der Waals surface area contributed by atoms with Gasteiger partial charge in [-0.1, -0.05) is 62.2 Å². The first-order valence-electron chi connectivity index (χ1n) is 13.4. The van der Waals surface area contributed by atoms with Crippen molar-refractivity contribution in [2.75, 3.05) is 13.1 Å². The summed E-state index contributed by atoms with van der Waals surface area (Å²) in [5.74, 6) is -3.17. The van der Waals surface area contributed by atoms with Crippen LogP contribution in [-0.2, 0) is 15.0 Å². The predicted octanol–water partition coefficient (Wildman–Crippen LogP) is 5.71. The summed E-state index contributed by atoms with van der Waals surface area (Å²) in [7, 11) is 0. The third-order valence-corrected chi connectivity index (χ3v) is 8.66. The monoisotopic (exact) mass is 590 g/mol. The number of likely N-dealkylation sites (tertiary alicyclic amines) is 1. The van der Waals surface area contributed by atoms with Crippen molar-refractivity contribution in [3.63, 3.8) is 0 Å². The molecule has 4 rings (SSSR count). The van der Waals surface area contributed by atoms with Crippen LogP contribution in [0.2, 0.25) is 10.0 Å². The molecule has 2 aromatic rings. The Labute approximate surface area is 243 Å². The van der Waals surface area contributed by atoms with Crippen molar-refractivity contribution in [3.8, 4) is 6.07 Å². The molecular weight excluding hydrogens is 557 g/mol. The highest BCUT2D eigenvalue weighted by atomic mass is 35.5. The molecule has 2 saturated heterocycles. The van der Waals surface area contributed by atoms with Crippen molar-refractivity contribution in [2.45, 2.75) is 69.9 Å². The molecular formula is C30H34Cl2F2N4O2. The van der Waals surface area contributed by atoms with E-state index < -0.39 is 35.1 Å². The highest BCUT2D eigenvalue weighted by Gasteiger charge is 2.61. The van der Waals surface area contributed by atoms with Gasteiger partial charge in [-0.3, -0.25) is 9.59 Å². The molecule has 10 heteroatoms. The summed E-state index contributed by atoms with van der Waals surface area (Å²) in [6, 6.07) is 9.16. The number of rotatable bonds is 6. The van der Waals surface area contributed by atoms with Crippen LogP contribution in [0.25, 0.3) is 0 Å². The molecule has 0 unspecified atom stereocenters. The zero-order valence-corrected chi connectivity index (χ0v) is 24.3. The molecule has 0 spiro atoms. The van der Waals surface area contributed by atoms with Crippen LogP contribution in [0.4, 0.5) is 8.78 Å². The van der Waals surface area contributed by atoms with E-state index in [1.54, 1.807) is 11.0 Å². The van der Waals surface area contributed by atoms with Crippen LogP contribution in [0.15, 0.2) is 36.4 Å². The number of carbonyl (C=O) groups is 2. The topological polar surface area (TPSA) is 99.2 Å². The molecule has 6 nitrogen and oxygen atoms in total. The number of nitrogens with two attached hydrogens (primary N) is 1. The second-order valence-electron chi connectivity index (χ2n) is 12.1. The zero-order chi connectivity index (χ0) is 29.4. The second kappa shape index (κ2) is 11.6. The van der Waals surface area contributed by atoms with Gasteiger partial charge in [-0.15, -0.1) is 0 Å². The lowest BCUT2D eigenvalue weighted by molar-refractivity contribution is -0.135. The number of nitrogens with one attached hydrogen (secondary N) is 1. The summed E-state index contributed by atoms with van der Waals surface area (Å²) in [6.45, 7) is 6.74. The number of carbonyl (C=O) groups excluding carboxylic acids is 2. The van der Waals surface area contributed by atoms with E-state index in [4.69, 9.17) is 28.9 Å². The first-order chi connectivity index (χ1) is 18.8. The molecule has 40 heavy (non-hydrogen) atoms. The number of nitrogens with zero attached hydrogens (tertiary/aromatic N) is 2. The molecule has 3 N–H and O–H groups in total. The summed E-state index contributed by atoms with van der Waals surface area (Å²) in [4.78, 5) is 27.3. The van der Waals surface area contributed by atoms with Crippen LogP contribution in [0.5, 0.6) is 0 Å². The quantitative estimate of drug-likeness (QED) is 0.450. The molecule has 2 aromatic carbocycles. The van der Waals surface area contributed by atoms with Crippen molar-refractivity contribution < 1.29 is 18.4 Å². The molecule has 4 atom stereocenters. The minimum Gasteiger partial charge on any atom is -0.370 e. The fourth-order valence-electron chi connectivity index (χ4n) is 6.38. The van der Waals surface area contributed by atoms with E-state index in [-0.39, 0.29) is 50.7 Å². The smallest absolute Gasteiger partial charge is 0.240 e. The molecule has 2 fully saturated rings. The van der Waals surface area contributed by atoms with Crippen molar-refractivity contribution in [2.24, 2.45) is 17.1 Å². The zero-order valence-electron chi connectivity index (χ0n) is 22.8. The third-order valence-electron chi connectivity index (χ3n) is 8.13. The van der Waals surface area contributed by atoms with Crippen molar-refractivity contribution in [1.82, 2.24) is 10.2 Å². The SMILES string of the molecule is CC(C)(C)C[C@@H]1N[C@@H](C(=O)N2CCC(CC(N)=O)CC2)[C@H](c2cccc(Cl)c2F)[C@@]1(C#N)c1ccc(Cl)cc1F. The maximum Gasteiger partial charge on any atom is 0.240 e. The van der Waals surface area contributed by atoms with Gasteiger partial charge in [0.2, 0.25) is 11.8 Å². The van der Waals surface area contributed by atoms with Crippen LogP contribution >= 0.6 is 23.2 Å². The number of hydrogen-bond acceptors (Lipinski definition) is 4. The lowest BCUT2D eigenvalue weighted by Gasteiger charge is -2.38. The van der Waals surface area contributed by atoms with E-state index in [9.17, 15) is 14.9 Å². The predicted molar refractivity (Wildman–Crippen MR) is 151 cm³/mol. The Morgan fingerprint density at radius 1 is 1.18 bits per heavy atom. The number of halogens is 4. The third kappa shape index (κ3) is 5.83. The van der Waals surface area contributed by atoms with E-state index in [1.807, 2.05) is 20.8 Å². The van der Waals surface area contributed by atoms with Crippen molar-refractivity contribution >= 4 is 35.0 Å². The van der Waals surface area contributed by atoms with Crippen molar-refractivity contribution in [3.05, 3.63) is 69.2 Å². The normalized spacial score (nSPS) is 25.6. The molecule has 0 aliphatic carbocycles. The van der Waals surface area contributed by atoms with Gasteiger partial charge < -0.3 is 16.0 Å². The number of primary amides is 1. The Hall–Kier alpha value is -2.73. The lowest BCUT2D eigenvalue weighted by atomic mass is 9.62. The van der Waals surface area contributed by atoms with Crippen LogP contribution in [0.3, 0.4) is 0 Å². The van der Waals surface area contributed by atoms with Crippen molar-refractivity contribution in [1.29, 1.82) is 5.26 Å². The Morgan fingerprint density at radius 3 is 2.42 bits per heavy atom. The van der Waals surface area contributed by atoms with Gasteiger partial charge in [-0.2, -0.15) is 5.26 Å². The second-order valence-corrected chi connectivity index (χ2v) is 13.0. The maximum absolute atomic E-state index is 15.8. The summed E-state index contributed by atoms with van der Waals surface area (Å²) in [6.07, 6.45) is 1.84. The summed E-state index contributed by atoms with van der Waals surface area (Å²) >= 11 is 12.3. The van der Waals surface area contributed by atoms with E-state index in [2.05, 4.69) is 11.4 Å². The average molecular weight is 592 g/mol. The van der Waals surface area contributed by atoms with Gasteiger partial charge in [0, 0.05) is 42.1 Å². The number of amides is 2. The molecule has 0 aromatic heterocycles. The summed E-state index contributed by atoms with van der Waals surface area (Å²) in [5, 5.41) is 14.3. The molecule has 2 heterocycles. The van der Waals surface area contributed by atoms with E-state index in [0.717, 1.165) is 6.07 Å². The van der Waals surface area contributed by atoms with Crippen LogP contribution in [-0.4, -0.2) is 41.9 Å². The number of piperidine rings is 1. The number of hydrogen-bond donors (Lipinski definition) is 2. The lowest BCUT2D eigenvalue weighted by Crippen LogP contribution is -2.50. The summed E-state index contributed by atoms with van der Waals surface area (Å²) in [5.41, 5.74) is 3.48. The molecule has 0 radical (unpaired) electrons. The molecule has 2 aliphatic heterocycles. The molecule has 2 aliphatic rings. The van der Waals surface area contributed by atoms with Gasteiger partial charge in [0.05, 0.1) is 17.1 Å². The van der Waals surface area contributed by atoms with Gasteiger partial charge in [0.1, 0.15) is 17.0 Å². The highest BCUT2D eigenvalue weighted by molar-refractivity contribution is 6.31. The Kier molecular flexibility index (Phi) is 8.79. The van der Waals surface area contributed by atoms with Crippen LogP contribution in [0.1, 0.15) is 63.5 Å². The van der Waals surface area contributed by atoms with Gasteiger partial charge in [0.15, 0.2) is 0 Å². The molecule has 2 amide bonds. The number of nitriles is 1. The molecule has 214 valence electrons. The van der Waals surface area contributed by atoms with Crippen LogP contribution < -0.4 is 11.1 Å². The fourth-order valence-corrected chi connectivity index (χ4v) is 6.72. The highest BCUT2D eigenvalue weighted by Crippen LogP contribution is 2.53. The van der Waals surface area contributed by atoms with Gasteiger partial charge in [0.25, 0.3) is 0 Å². The van der Waals surface area contributed by atoms with Crippen LogP contribution in [0, 0.1) is 34.3 Å². The molecule has 0 saturated carbocycles. The van der Waals surface area contributed by atoms with Gasteiger partial charge >= 0.3 is 0 Å². The number of benzene rings is 2. The maximum atomic E-state index is 15.8. The standard InChI is InChI=1S/C30H34Cl2F2N4O2/c1-29(2,3)15-23-30(16-35,20-8-7-18(31)14-22(20)33)25(19-5-4-6-21(32)26(19)34)27(37-23)28(40)38-11-9-17(10-12-38)13-24(36)39/h4-8,14,17,23,25,27,37H,9-13,15H2,1-3H3,(H2,36,39)/t23-,25-,27+,30-/m0/s1. The Morgan fingerprint density at radius 2 is 1.85 bits per heavy atom. The Balaban J connectivity index is 1.87. The van der Waals surface area contributed by atoms with E-state index >= 15 is 8.78 Å². The summed E-state index contributed by atoms with van der Waals surface area (Å²) < 4.78 is 31.5. The first-order valence-corrected chi connectivity index (χ1v) is 14.2. The van der Waals surface area contributed by atoms with E-state index in [1.165, 1.54) is 24.3 Å². The van der Waals surface area contributed by atoms with Gasteiger partial charge in [-0.05, 0) is 54.4 Å². The average Bonchev–Trinajstić information content (AvgIpc) is 3.18. The minimum atomic E-state index is -1.67. The first kappa shape index (κ1) is 30.2. The minimum absolute atomic E-state index is 0.0426. The van der Waals surface area contributed by atoms with Gasteiger partial charge in [-0.25, -0.2) is 8.78 Å². The fraction of sp³-hybridized carbons (Fsp3) is 0.500. The van der Waals surface area contributed by atoms with E-state index in [0.29, 0.717) is 32.4 Å². The Bertz CT molecular complexity index is 1330.